The van der Waals surface area contributed by atoms with Crippen LogP contribution in [0.2, 0.25) is 0 Å². The van der Waals surface area contributed by atoms with Gasteiger partial charge in [-0.3, -0.25) is 0 Å². The maximum atomic E-state index is 12.3. The van der Waals surface area contributed by atoms with E-state index < -0.39 is 16.9 Å². The molecule has 0 saturated carbocycles. The predicted molar refractivity (Wildman–Crippen MR) is 35.4 cm³/mol. The molecule has 0 aromatic heterocycles. The Kier molecular flexibility index (Phi) is 2.13. The van der Waals surface area contributed by atoms with Crippen molar-refractivity contribution in [1.29, 1.82) is 0 Å². The van der Waals surface area contributed by atoms with Crippen molar-refractivity contribution in [3.63, 3.8) is 0 Å². The predicted octanol–water partition coefficient (Wildman–Crippen LogP) is 1.41. The molecule has 1 N–H and O–H groups in total. The van der Waals surface area contributed by atoms with Crippen LogP contribution in [-0.2, 0) is 11.1 Å². The van der Waals surface area contributed by atoms with E-state index in [0.717, 1.165) is 6.07 Å². The van der Waals surface area contributed by atoms with Gasteiger partial charge in [0.05, 0.1) is 4.90 Å². The minimum atomic E-state index is -2.08. The molecule has 1 rings (SSSR count). The molecule has 0 aliphatic heterocycles. The molecule has 0 amide bonds. The van der Waals surface area contributed by atoms with Crippen molar-refractivity contribution in [1.82, 2.24) is 0 Å². The number of benzene rings is 1. The summed E-state index contributed by atoms with van der Waals surface area (Å²) in [4.78, 5) is 0.0833. The Balaban J connectivity index is 3.07. The normalized spacial score (nSPS) is 13.0. The number of hydrogen-bond donors (Lipinski definition) is 1. The van der Waals surface area contributed by atoms with Crippen LogP contribution in [0.4, 0.5) is 4.39 Å². The van der Waals surface area contributed by atoms with Crippen LogP contribution in [0, 0.1) is 5.82 Å². The Labute approximate surface area is 60.0 Å². The van der Waals surface area contributed by atoms with Gasteiger partial charge >= 0.3 is 0 Å². The van der Waals surface area contributed by atoms with Gasteiger partial charge in [-0.15, -0.1) is 0 Å². The van der Waals surface area contributed by atoms with Gasteiger partial charge in [0.2, 0.25) is 0 Å². The lowest BCUT2D eigenvalue weighted by Gasteiger charge is -1.91. The second-order valence-electron chi connectivity index (χ2n) is 1.71. The minimum Gasteiger partial charge on any atom is -0.302 e. The Morgan fingerprint density at radius 1 is 1.50 bits per heavy atom. The fraction of sp³-hybridized carbons (Fsp3) is 0. The van der Waals surface area contributed by atoms with E-state index in [4.69, 9.17) is 4.55 Å². The van der Waals surface area contributed by atoms with Crippen LogP contribution in [-0.4, -0.2) is 8.76 Å². The summed E-state index contributed by atoms with van der Waals surface area (Å²) < 4.78 is 31.0. The molecule has 0 aliphatic carbocycles. The zero-order valence-electron chi connectivity index (χ0n) is 4.95. The minimum absolute atomic E-state index is 0.0833. The molecule has 0 radical (unpaired) electrons. The second-order valence-corrected chi connectivity index (χ2v) is 2.68. The quantitative estimate of drug-likeness (QED) is 0.630. The van der Waals surface area contributed by atoms with E-state index in [2.05, 4.69) is 0 Å². The van der Waals surface area contributed by atoms with Crippen molar-refractivity contribution in [2.24, 2.45) is 0 Å². The third-order valence-corrected chi connectivity index (χ3v) is 1.65. The molecule has 0 aliphatic rings. The van der Waals surface area contributed by atoms with Crippen LogP contribution in [0.5, 0.6) is 0 Å². The summed E-state index contributed by atoms with van der Waals surface area (Å²) >= 11 is -2.08. The van der Waals surface area contributed by atoms with Crippen molar-refractivity contribution < 1.29 is 13.2 Å². The van der Waals surface area contributed by atoms with Crippen molar-refractivity contribution in [2.75, 3.05) is 0 Å². The van der Waals surface area contributed by atoms with Gasteiger partial charge in [-0.2, -0.15) is 0 Å². The molecule has 4 heteroatoms. The van der Waals surface area contributed by atoms with E-state index in [1.54, 1.807) is 0 Å². The summed E-state index contributed by atoms with van der Waals surface area (Å²) in [6.07, 6.45) is 0. The lowest BCUT2D eigenvalue weighted by molar-refractivity contribution is 0.561. The lowest BCUT2D eigenvalue weighted by Crippen LogP contribution is -1.87. The van der Waals surface area contributed by atoms with Crippen LogP contribution in [0.1, 0.15) is 0 Å². The summed E-state index contributed by atoms with van der Waals surface area (Å²) in [5.74, 6) is -0.500. The molecule has 1 aromatic carbocycles. The van der Waals surface area contributed by atoms with E-state index >= 15 is 0 Å². The summed E-state index contributed by atoms with van der Waals surface area (Å²) in [5, 5.41) is 0. The van der Waals surface area contributed by atoms with Gasteiger partial charge in [-0.05, 0) is 18.2 Å². The van der Waals surface area contributed by atoms with Crippen LogP contribution in [0.25, 0.3) is 0 Å². The van der Waals surface area contributed by atoms with Gasteiger partial charge in [0.1, 0.15) is 5.82 Å². The topological polar surface area (TPSA) is 37.3 Å². The van der Waals surface area contributed by atoms with Crippen molar-refractivity contribution in [3.05, 3.63) is 30.1 Å². The van der Waals surface area contributed by atoms with Gasteiger partial charge in [0, 0.05) is 0 Å². The first-order valence-electron chi connectivity index (χ1n) is 2.56. The highest BCUT2D eigenvalue weighted by Crippen LogP contribution is 2.05. The van der Waals surface area contributed by atoms with Crippen LogP contribution >= 0.6 is 0 Å². The zero-order chi connectivity index (χ0) is 7.56. The Morgan fingerprint density at radius 3 is 2.60 bits per heavy atom. The number of hydrogen-bond acceptors (Lipinski definition) is 1. The fourth-order valence-corrected chi connectivity index (χ4v) is 0.984. The van der Waals surface area contributed by atoms with Crippen molar-refractivity contribution in [3.8, 4) is 0 Å². The molecule has 0 fully saturated rings. The zero-order valence-corrected chi connectivity index (χ0v) is 5.77. The highest BCUT2D eigenvalue weighted by atomic mass is 32.2. The lowest BCUT2D eigenvalue weighted by atomic mass is 10.4. The Bertz CT molecular complexity index is 262. The average Bonchev–Trinajstić information content (AvgIpc) is 1.88. The molecular formula is C6H5FO2S. The van der Waals surface area contributed by atoms with Crippen LogP contribution in [0.3, 0.4) is 0 Å². The molecule has 0 spiro atoms. The second kappa shape index (κ2) is 2.90. The molecule has 0 bridgehead atoms. The highest BCUT2D eigenvalue weighted by Gasteiger charge is 1.98. The molecule has 1 aromatic rings. The van der Waals surface area contributed by atoms with E-state index in [-0.39, 0.29) is 4.90 Å². The van der Waals surface area contributed by atoms with E-state index in [9.17, 15) is 8.60 Å². The third kappa shape index (κ3) is 1.62. The van der Waals surface area contributed by atoms with Gasteiger partial charge in [0.25, 0.3) is 0 Å². The monoisotopic (exact) mass is 160 g/mol. The standard InChI is InChI=1S/C6H5FO2S/c7-5-2-1-3-6(4-5)10(8)9/h1-4H,(H,8,9). The number of halogens is 1. The maximum absolute atomic E-state index is 12.3. The van der Waals surface area contributed by atoms with E-state index in [1.165, 1.54) is 18.2 Å². The molecule has 10 heavy (non-hydrogen) atoms. The molecule has 54 valence electrons. The smallest absolute Gasteiger partial charge is 0.186 e. The van der Waals surface area contributed by atoms with Crippen molar-refractivity contribution >= 4 is 11.1 Å². The van der Waals surface area contributed by atoms with Gasteiger partial charge < -0.3 is 4.55 Å². The van der Waals surface area contributed by atoms with E-state index in [0.29, 0.717) is 0 Å². The highest BCUT2D eigenvalue weighted by molar-refractivity contribution is 7.79. The Hall–Kier alpha value is -0.740. The number of rotatable bonds is 1. The molecule has 0 heterocycles. The van der Waals surface area contributed by atoms with Crippen LogP contribution in [0.15, 0.2) is 29.2 Å². The third-order valence-electron chi connectivity index (χ3n) is 0.998. The summed E-state index contributed by atoms with van der Waals surface area (Å²) in [5.41, 5.74) is 0. The SMILES string of the molecule is O=S(O)c1cccc(F)c1. The largest absolute Gasteiger partial charge is 0.302 e. The molecular weight excluding hydrogens is 155 g/mol. The van der Waals surface area contributed by atoms with Gasteiger partial charge in [-0.25, -0.2) is 8.60 Å². The molecule has 1 unspecified atom stereocenters. The Morgan fingerprint density at radius 2 is 2.20 bits per heavy atom. The van der Waals surface area contributed by atoms with Crippen molar-refractivity contribution in [2.45, 2.75) is 4.90 Å². The first kappa shape index (κ1) is 7.37. The fourth-order valence-electron chi connectivity index (χ4n) is 0.576. The van der Waals surface area contributed by atoms with Gasteiger partial charge in [-0.1, -0.05) is 6.07 Å². The first-order valence-corrected chi connectivity index (χ1v) is 3.67. The summed E-state index contributed by atoms with van der Waals surface area (Å²) in [6, 6.07) is 5.02. The van der Waals surface area contributed by atoms with Crippen LogP contribution < -0.4 is 0 Å². The molecule has 0 saturated heterocycles. The maximum Gasteiger partial charge on any atom is 0.186 e. The molecule has 2 nitrogen and oxygen atoms in total. The average molecular weight is 160 g/mol. The first-order chi connectivity index (χ1) is 4.70. The summed E-state index contributed by atoms with van der Waals surface area (Å²) in [6.45, 7) is 0. The summed E-state index contributed by atoms with van der Waals surface area (Å²) in [7, 11) is 0. The van der Waals surface area contributed by atoms with Gasteiger partial charge in [0.15, 0.2) is 11.1 Å². The van der Waals surface area contributed by atoms with E-state index in [1.807, 2.05) is 0 Å². The molecule has 1 atom stereocenters.